The highest BCUT2D eigenvalue weighted by Gasteiger charge is 2.38. The first-order chi connectivity index (χ1) is 19.0. The van der Waals surface area contributed by atoms with Gasteiger partial charge in [0.05, 0.1) is 15.5 Å². The van der Waals surface area contributed by atoms with Crippen molar-refractivity contribution in [3.63, 3.8) is 0 Å². The van der Waals surface area contributed by atoms with Crippen LogP contribution in [-0.2, 0) is 20.0 Å². The summed E-state index contributed by atoms with van der Waals surface area (Å²) in [7, 11) is -9.15. The van der Waals surface area contributed by atoms with Crippen molar-refractivity contribution in [2.24, 2.45) is 0 Å². The van der Waals surface area contributed by atoms with Gasteiger partial charge in [0.2, 0.25) is 0 Å². The highest BCUT2D eigenvalue weighted by atomic mass is 32.3. The van der Waals surface area contributed by atoms with Gasteiger partial charge < -0.3 is 14.9 Å². The maximum Gasteiger partial charge on any atom is 0.407 e. The number of amides is 1. The molecule has 0 atom stereocenters. The number of piperazine rings is 1. The molecule has 0 aliphatic carbocycles. The summed E-state index contributed by atoms with van der Waals surface area (Å²) in [5, 5.41) is 10.4. The number of carboxylic acid groups (broad SMARTS) is 1. The average molecular weight is 580 g/mol. The molecule has 0 spiro atoms. The number of aryl methyl sites for hydroxylation is 2. The fourth-order valence-electron chi connectivity index (χ4n) is 4.84. The second-order valence-electron chi connectivity index (χ2n) is 9.74. The van der Waals surface area contributed by atoms with Crippen molar-refractivity contribution in [3.8, 4) is 0 Å². The minimum absolute atomic E-state index is 0.00433. The van der Waals surface area contributed by atoms with Crippen LogP contribution in [0.25, 0.3) is 10.8 Å². The Morgan fingerprint density at radius 1 is 0.675 bits per heavy atom. The Kier molecular flexibility index (Phi) is 7.19. The smallest absolute Gasteiger partial charge is 0.407 e. The van der Waals surface area contributed by atoms with Crippen molar-refractivity contribution in [3.05, 3.63) is 96.1 Å². The van der Waals surface area contributed by atoms with Crippen LogP contribution < -0.4 is 8.61 Å². The number of anilines is 2. The van der Waals surface area contributed by atoms with E-state index in [4.69, 9.17) is 0 Å². The third-order valence-corrected chi connectivity index (χ3v) is 11.2. The molecule has 1 heterocycles. The Labute approximate surface area is 234 Å². The Bertz CT molecular complexity index is 1700. The van der Waals surface area contributed by atoms with E-state index in [-0.39, 0.29) is 15.5 Å². The molecule has 1 saturated heterocycles. The van der Waals surface area contributed by atoms with Crippen LogP contribution in [0.1, 0.15) is 11.1 Å². The molecule has 1 fully saturated rings. The Morgan fingerprint density at radius 2 is 1.15 bits per heavy atom. The first kappa shape index (κ1) is 27.5. The zero-order valence-electron chi connectivity index (χ0n) is 22.1. The third-order valence-electron chi connectivity index (χ3n) is 7.04. The molecule has 0 unspecified atom stereocenters. The van der Waals surface area contributed by atoms with Crippen molar-refractivity contribution in [1.29, 1.82) is 0 Å². The fourth-order valence-corrected chi connectivity index (χ4v) is 8.57. The molecule has 1 N–H and O–H groups in total. The standard InChI is InChI=1S/C29H29N3O6S2/c1-21-7-11-23(12-8-21)39(35,36)32(40(37,38)24-13-9-22(2)10-14-24)28-16-15-27(25-5-3-4-6-26(25)28)30-17-19-31(20-18-30)29(33)34/h3-16H,17-20H2,1-2H3,(H,33,34). The molecule has 1 aliphatic rings. The number of nitrogens with zero attached hydrogens (tertiary/aromatic N) is 3. The number of rotatable bonds is 6. The van der Waals surface area contributed by atoms with Crippen LogP contribution in [0.5, 0.6) is 0 Å². The van der Waals surface area contributed by atoms with Crippen molar-refractivity contribution >= 4 is 48.3 Å². The molecular formula is C29H29N3O6S2. The lowest BCUT2D eigenvalue weighted by atomic mass is 10.1. The molecular weight excluding hydrogens is 550 g/mol. The summed E-state index contributed by atoms with van der Waals surface area (Å²) in [6.07, 6.45) is -0.974. The van der Waals surface area contributed by atoms with Crippen molar-refractivity contribution in [1.82, 2.24) is 4.90 Å². The maximum absolute atomic E-state index is 14.1. The summed E-state index contributed by atoms with van der Waals surface area (Å²) in [4.78, 5) is 14.5. The van der Waals surface area contributed by atoms with Gasteiger partial charge in [-0.05, 0) is 50.2 Å². The van der Waals surface area contributed by atoms with Crippen LogP contribution in [0.15, 0.2) is 94.7 Å². The zero-order valence-corrected chi connectivity index (χ0v) is 23.7. The molecule has 0 aromatic heterocycles. The molecule has 40 heavy (non-hydrogen) atoms. The Balaban J connectivity index is 1.70. The number of hydrogen-bond donors (Lipinski definition) is 1. The van der Waals surface area contributed by atoms with Crippen molar-refractivity contribution in [2.75, 3.05) is 34.8 Å². The summed E-state index contributed by atoms with van der Waals surface area (Å²) >= 11 is 0. The molecule has 0 saturated carbocycles. The lowest BCUT2D eigenvalue weighted by Crippen LogP contribution is -2.48. The van der Waals surface area contributed by atoms with Crippen LogP contribution in [-0.4, -0.2) is 59.1 Å². The topological polar surface area (TPSA) is 115 Å². The Hall–Kier alpha value is -4.09. The van der Waals surface area contributed by atoms with E-state index in [1.165, 1.54) is 35.2 Å². The number of fused-ring (bicyclic) bond motifs is 1. The van der Waals surface area contributed by atoms with E-state index in [9.17, 15) is 26.7 Å². The first-order valence-electron chi connectivity index (χ1n) is 12.7. The van der Waals surface area contributed by atoms with E-state index in [1.807, 2.05) is 24.8 Å². The molecule has 9 nitrogen and oxygen atoms in total. The van der Waals surface area contributed by atoms with Gasteiger partial charge in [0.1, 0.15) is 0 Å². The van der Waals surface area contributed by atoms with Crippen molar-refractivity contribution < 1.29 is 26.7 Å². The van der Waals surface area contributed by atoms with E-state index in [1.54, 1.807) is 48.5 Å². The molecule has 4 aromatic rings. The van der Waals surface area contributed by atoms with Gasteiger partial charge in [-0.25, -0.2) is 21.6 Å². The Morgan fingerprint density at radius 3 is 1.62 bits per heavy atom. The largest absolute Gasteiger partial charge is 0.465 e. The monoisotopic (exact) mass is 579 g/mol. The maximum atomic E-state index is 14.1. The molecule has 0 radical (unpaired) electrons. The van der Waals surface area contributed by atoms with Crippen LogP contribution in [0.4, 0.5) is 16.2 Å². The quantitative estimate of drug-likeness (QED) is 0.348. The molecule has 11 heteroatoms. The van der Waals surface area contributed by atoms with Gasteiger partial charge in [0.15, 0.2) is 0 Å². The summed E-state index contributed by atoms with van der Waals surface area (Å²) < 4.78 is 57.1. The van der Waals surface area contributed by atoms with Gasteiger partial charge in [0.25, 0.3) is 20.0 Å². The molecule has 0 bridgehead atoms. The van der Waals surface area contributed by atoms with Crippen LogP contribution in [0.3, 0.4) is 0 Å². The van der Waals surface area contributed by atoms with Crippen LogP contribution in [0.2, 0.25) is 0 Å². The predicted octanol–water partition coefficient (Wildman–Crippen LogP) is 4.84. The van der Waals surface area contributed by atoms with Crippen molar-refractivity contribution in [2.45, 2.75) is 23.6 Å². The van der Waals surface area contributed by atoms with E-state index in [0.29, 0.717) is 40.7 Å². The van der Waals surface area contributed by atoms with Gasteiger partial charge in [-0.15, -0.1) is 0 Å². The summed E-state index contributed by atoms with van der Waals surface area (Å²) in [6.45, 7) is 5.17. The lowest BCUT2D eigenvalue weighted by Gasteiger charge is -2.35. The number of benzene rings is 4. The highest BCUT2D eigenvalue weighted by Crippen LogP contribution is 2.39. The number of hydrogen-bond acceptors (Lipinski definition) is 6. The third kappa shape index (κ3) is 4.98. The second-order valence-corrected chi connectivity index (χ2v) is 13.5. The number of carbonyl (C=O) groups is 1. The van der Waals surface area contributed by atoms with Crippen LogP contribution >= 0.6 is 0 Å². The highest BCUT2D eigenvalue weighted by molar-refractivity contribution is 8.10. The second kappa shape index (κ2) is 10.5. The van der Waals surface area contributed by atoms with E-state index < -0.39 is 26.1 Å². The predicted molar refractivity (Wildman–Crippen MR) is 155 cm³/mol. The zero-order chi connectivity index (χ0) is 28.7. The van der Waals surface area contributed by atoms with Gasteiger partial charge >= 0.3 is 6.09 Å². The molecule has 1 aliphatic heterocycles. The summed E-state index contributed by atoms with van der Waals surface area (Å²) in [6, 6.07) is 22.4. The average Bonchev–Trinajstić information content (AvgIpc) is 2.93. The molecule has 208 valence electrons. The number of sulfonamides is 2. The molecule has 5 rings (SSSR count). The summed E-state index contributed by atoms with van der Waals surface area (Å²) in [5.74, 6) is 0. The van der Waals surface area contributed by atoms with Gasteiger partial charge in [-0.1, -0.05) is 59.7 Å². The normalized spacial score (nSPS) is 14.3. The van der Waals surface area contributed by atoms with Gasteiger partial charge in [-0.3, -0.25) is 0 Å². The molecule has 1 amide bonds. The van der Waals surface area contributed by atoms with E-state index >= 15 is 0 Å². The fraction of sp³-hybridized carbons (Fsp3) is 0.207. The van der Waals surface area contributed by atoms with Gasteiger partial charge in [-0.2, -0.15) is 3.71 Å². The summed E-state index contributed by atoms with van der Waals surface area (Å²) in [5.41, 5.74) is 2.45. The van der Waals surface area contributed by atoms with Crippen LogP contribution in [0, 0.1) is 13.8 Å². The van der Waals surface area contributed by atoms with Gasteiger partial charge in [0, 0.05) is 42.6 Å². The minimum Gasteiger partial charge on any atom is -0.465 e. The lowest BCUT2D eigenvalue weighted by molar-refractivity contribution is 0.142. The SMILES string of the molecule is Cc1ccc(S(=O)(=O)N(c2ccc(N3CCN(C(=O)O)CC3)c3ccccc23)S(=O)(=O)c2ccc(C)cc2)cc1. The minimum atomic E-state index is -4.57. The molecule has 4 aromatic carbocycles. The van der Waals surface area contributed by atoms with E-state index in [2.05, 4.69) is 0 Å². The van der Waals surface area contributed by atoms with E-state index in [0.717, 1.165) is 16.8 Å². The first-order valence-corrected chi connectivity index (χ1v) is 15.6.